The molecule has 104 valence electrons. The third-order valence-corrected chi connectivity index (χ3v) is 2.91. The summed E-state index contributed by atoms with van der Waals surface area (Å²) in [5.74, 6) is -0.152. The van der Waals surface area contributed by atoms with E-state index in [4.69, 9.17) is 4.74 Å². The highest BCUT2D eigenvalue weighted by atomic mass is 16.5. The van der Waals surface area contributed by atoms with Crippen LogP contribution in [0.15, 0.2) is 48.7 Å². The molecule has 0 atom stereocenters. The molecule has 1 N–H and O–H groups in total. The lowest BCUT2D eigenvalue weighted by atomic mass is 10.1. The molecule has 20 heavy (non-hydrogen) atoms. The smallest absolute Gasteiger partial charge is 0.269 e. The fourth-order valence-electron chi connectivity index (χ4n) is 1.84. The number of amides is 1. The van der Waals surface area contributed by atoms with Gasteiger partial charge in [-0.25, -0.2) is 0 Å². The van der Waals surface area contributed by atoms with E-state index in [1.165, 1.54) is 0 Å². The highest BCUT2D eigenvalue weighted by molar-refractivity contribution is 5.92. The molecule has 2 rings (SSSR count). The number of hydrogen-bond donors (Lipinski definition) is 1. The molecule has 0 saturated carbocycles. The molecule has 0 aliphatic heterocycles. The molecular weight excluding hydrogens is 252 g/mol. The van der Waals surface area contributed by atoms with Gasteiger partial charge >= 0.3 is 0 Å². The van der Waals surface area contributed by atoms with Crippen LogP contribution >= 0.6 is 0 Å². The summed E-state index contributed by atoms with van der Waals surface area (Å²) in [4.78, 5) is 16.1. The van der Waals surface area contributed by atoms with Crippen molar-refractivity contribution in [1.82, 2.24) is 10.3 Å². The lowest BCUT2D eigenvalue weighted by Crippen LogP contribution is -2.25. The van der Waals surface area contributed by atoms with Crippen molar-refractivity contribution in [1.29, 1.82) is 0 Å². The zero-order chi connectivity index (χ0) is 14.2. The first-order valence-electron chi connectivity index (χ1n) is 6.60. The average molecular weight is 270 g/mol. The molecule has 0 saturated heterocycles. The number of benzene rings is 1. The average Bonchev–Trinajstić information content (AvgIpc) is 2.52. The van der Waals surface area contributed by atoms with Crippen LogP contribution in [0.5, 0.6) is 0 Å². The van der Waals surface area contributed by atoms with Crippen molar-refractivity contribution in [2.45, 2.75) is 6.42 Å². The van der Waals surface area contributed by atoms with Gasteiger partial charge in [0.2, 0.25) is 0 Å². The molecule has 0 aliphatic carbocycles. The molecule has 4 nitrogen and oxygen atoms in total. The van der Waals surface area contributed by atoms with Crippen molar-refractivity contribution in [2.75, 3.05) is 20.3 Å². The summed E-state index contributed by atoms with van der Waals surface area (Å²) < 4.78 is 4.93. The number of nitrogens with zero attached hydrogens (tertiary/aromatic N) is 1. The van der Waals surface area contributed by atoms with Gasteiger partial charge in [0.05, 0.1) is 0 Å². The summed E-state index contributed by atoms with van der Waals surface area (Å²) in [5, 5.41) is 2.81. The molecule has 0 bridgehead atoms. The summed E-state index contributed by atoms with van der Waals surface area (Å²) in [5.41, 5.74) is 2.52. The normalized spacial score (nSPS) is 10.2. The molecular formula is C16H18N2O2. The monoisotopic (exact) mass is 270 g/mol. The Morgan fingerprint density at radius 3 is 2.60 bits per heavy atom. The zero-order valence-corrected chi connectivity index (χ0v) is 11.5. The van der Waals surface area contributed by atoms with Crippen LogP contribution in [0.4, 0.5) is 0 Å². The van der Waals surface area contributed by atoms with Gasteiger partial charge in [-0.15, -0.1) is 0 Å². The van der Waals surface area contributed by atoms with Crippen LogP contribution in [0, 0.1) is 0 Å². The third kappa shape index (κ3) is 3.90. The van der Waals surface area contributed by atoms with Crippen LogP contribution in [-0.2, 0) is 4.74 Å². The standard InChI is InChI=1S/C16H18N2O2/c1-20-11-5-10-17-16(19)15-9-8-14(12-18-15)13-6-3-2-4-7-13/h2-4,6-9,12H,5,10-11H2,1H3,(H,17,19). The predicted molar refractivity (Wildman–Crippen MR) is 78.5 cm³/mol. The van der Waals surface area contributed by atoms with E-state index in [9.17, 15) is 4.79 Å². The SMILES string of the molecule is COCCCNC(=O)c1ccc(-c2ccccc2)cn1. The Labute approximate surface area is 118 Å². The van der Waals surface area contributed by atoms with Crippen molar-refractivity contribution in [3.63, 3.8) is 0 Å². The second-order valence-electron chi connectivity index (χ2n) is 4.40. The van der Waals surface area contributed by atoms with E-state index in [1.54, 1.807) is 19.4 Å². The molecule has 1 heterocycles. The molecule has 4 heteroatoms. The zero-order valence-electron chi connectivity index (χ0n) is 11.5. The second kappa shape index (κ2) is 7.40. The van der Waals surface area contributed by atoms with E-state index in [1.807, 2.05) is 36.4 Å². The van der Waals surface area contributed by atoms with Crippen LogP contribution in [0.25, 0.3) is 11.1 Å². The predicted octanol–water partition coefficient (Wildman–Crippen LogP) is 2.51. The summed E-state index contributed by atoms with van der Waals surface area (Å²) in [6.45, 7) is 1.23. The van der Waals surface area contributed by atoms with Crippen molar-refractivity contribution in [3.8, 4) is 11.1 Å². The maximum absolute atomic E-state index is 11.8. The highest BCUT2D eigenvalue weighted by Gasteiger charge is 2.06. The molecule has 2 aromatic rings. The van der Waals surface area contributed by atoms with Gasteiger partial charge < -0.3 is 10.1 Å². The minimum absolute atomic E-state index is 0.152. The van der Waals surface area contributed by atoms with Crippen LogP contribution in [0.2, 0.25) is 0 Å². The third-order valence-electron chi connectivity index (χ3n) is 2.91. The first-order valence-corrected chi connectivity index (χ1v) is 6.60. The van der Waals surface area contributed by atoms with E-state index >= 15 is 0 Å². The first-order chi connectivity index (χ1) is 9.81. The van der Waals surface area contributed by atoms with Gasteiger partial charge in [-0.2, -0.15) is 0 Å². The van der Waals surface area contributed by atoms with Gasteiger partial charge in [0.25, 0.3) is 5.91 Å². The largest absolute Gasteiger partial charge is 0.385 e. The summed E-state index contributed by atoms with van der Waals surface area (Å²) in [6.07, 6.45) is 2.52. The molecule has 1 aromatic heterocycles. The van der Waals surface area contributed by atoms with Gasteiger partial charge in [-0.05, 0) is 18.1 Å². The Bertz CT molecular complexity index is 538. The molecule has 0 radical (unpaired) electrons. The Morgan fingerprint density at radius 2 is 1.95 bits per heavy atom. The number of methoxy groups -OCH3 is 1. The molecule has 1 aromatic carbocycles. The number of carbonyl (C=O) groups is 1. The highest BCUT2D eigenvalue weighted by Crippen LogP contribution is 2.17. The summed E-state index contributed by atoms with van der Waals surface area (Å²) >= 11 is 0. The van der Waals surface area contributed by atoms with Gasteiger partial charge in [-0.1, -0.05) is 36.4 Å². The van der Waals surface area contributed by atoms with Crippen LogP contribution in [0.3, 0.4) is 0 Å². The topological polar surface area (TPSA) is 51.2 Å². The fraction of sp³-hybridized carbons (Fsp3) is 0.250. The number of pyridine rings is 1. The van der Waals surface area contributed by atoms with Gasteiger partial charge in [-0.3, -0.25) is 9.78 Å². The molecule has 0 aliphatic rings. The Balaban J connectivity index is 1.96. The van der Waals surface area contributed by atoms with Gasteiger partial charge in [0.15, 0.2) is 0 Å². The summed E-state index contributed by atoms with van der Waals surface area (Å²) in [6, 6.07) is 13.6. The minimum atomic E-state index is -0.152. The number of hydrogen-bond acceptors (Lipinski definition) is 3. The second-order valence-corrected chi connectivity index (χ2v) is 4.40. The quantitative estimate of drug-likeness (QED) is 0.821. The maximum Gasteiger partial charge on any atom is 0.269 e. The summed E-state index contributed by atoms with van der Waals surface area (Å²) in [7, 11) is 1.64. The van der Waals surface area contributed by atoms with Crippen molar-refractivity contribution in [3.05, 3.63) is 54.4 Å². The van der Waals surface area contributed by atoms with E-state index < -0.39 is 0 Å². The van der Waals surface area contributed by atoms with Crippen LogP contribution in [-0.4, -0.2) is 31.2 Å². The lowest BCUT2D eigenvalue weighted by Gasteiger charge is -2.05. The van der Waals surface area contributed by atoms with Crippen molar-refractivity contribution in [2.24, 2.45) is 0 Å². The van der Waals surface area contributed by atoms with Crippen LogP contribution in [0.1, 0.15) is 16.9 Å². The first kappa shape index (κ1) is 14.2. The van der Waals surface area contributed by atoms with Crippen LogP contribution < -0.4 is 5.32 Å². The Kier molecular flexibility index (Phi) is 5.26. The number of rotatable bonds is 6. The fourth-order valence-corrected chi connectivity index (χ4v) is 1.84. The number of nitrogens with one attached hydrogen (secondary N) is 1. The molecule has 0 unspecified atom stereocenters. The van der Waals surface area contributed by atoms with Crippen molar-refractivity contribution >= 4 is 5.91 Å². The van der Waals surface area contributed by atoms with E-state index in [0.29, 0.717) is 18.8 Å². The molecule has 0 fully saturated rings. The van der Waals surface area contributed by atoms with E-state index in [0.717, 1.165) is 17.5 Å². The number of aromatic nitrogens is 1. The Morgan fingerprint density at radius 1 is 1.15 bits per heavy atom. The number of carbonyl (C=O) groups excluding carboxylic acids is 1. The van der Waals surface area contributed by atoms with E-state index in [-0.39, 0.29) is 5.91 Å². The molecule has 1 amide bonds. The minimum Gasteiger partial charge on any atom is -0.385 e. The van der Waals surface area contributed by atoms with Gasteiger partial charge in [0, 0.05) is 32.0 Å². The lowest BCUT2D eigenvalue weighted by molar-refractivity contribution is 0.0943. The van der Waals surface area contributed by atoms with Crippen molar-refractivity contribution < 1.29 is 9.53 Å². The van der Waals surface area contributed by atoms with E-state index in [2.05, 4.69) is 10.3 Å². The van der Waals surface area contributed by atoms with Gasteiger partial charge in [0.1, 0.15) is 5.69 Å². The maximum atomic E-state index is 11.8. The Hall–Kier alpha value is -2.20. The molecule has 0 spiro atoms. The number of ether oxygens (including phenoxy) is 1.